The Hall–Kier alpha value is -3.11. The lowest BCUT2D eigenvalue weighted by Crippen LogP contribution is -2.43. The molecule has 2 aromatic rings. The lowest BCUT2D eigenvalue weighted by Gasteiger charge is -2.15. The summed E-state index contributed by atoms with van der Waals surface area (Å²) in [6.07, 6.45) is 0. The first-order valence-electron chi connectivity index (χ1n) is 7.39. The molecule has 0 atom stereocenters. The molecule has 2 rings (SSSR count). The van der Waals surface area contributed by atoms with Gasteiger partial charge in [-0.25, -0.2) is 0 Å². The standard InChI is InChI=1S/C16H15ClN4O5S/c1-25-13-8-14(26-2)12(7-11(13)17)18-16(27)20-19-15(22)9-4-3-5-10(6-9)21(23)24/h3-8H,1-2H3,(H,19,22)(H2,18,20,27). The number of hydrogen-bond donors (Lipinski definition) is 3. The Morgan fingerprint density at radius 3 is 2.48 bits per heavy atom. The highest BCUT2D eigenvalue weighted by atomic mass is 35.5. The van der Waals surface area contributed by atoms with E-state index in [2.05, 4.69) is 16.2 Å². The molecular formula is C16H15ClN4O5S. The van der Waals surface area contributed by atoms with Crippen molar-refractivity contribution in [3.8, 4) is 11.5 Å². The maximum Gasteiger partial charge on any atom is 0.270 e. The molecule has 0 aliphatic rings. The van der Waals surface area contributed by atoms with E-state index in [1.165, 1.54) is 32.4 Å². The molecule has 27 heavy (non-hydrogen) atoms. The van der Waals surface area contributed by atoms with Gasteiger partial charge in [0, 0.05) is 23.8 Å². The summed E-state index contributed by atoms with van der Waals surface area (Å²) in [5, 5.41) is 14.0. The van der Waals surface area contributed by atoms with Gasteiger partial charge in [0.25, 0.3) is 11.6 Å². The number of amides is 1. The van der Waals surface area contributed by atoms with Crippen LogP contribution in [0.4, 0.5) is 11.4 Å². The molecule has 0 heterocycles. The average molecular weight is 411 g/mol. The van der Waals surface area contributed by atoms with Crippen LogP contribution in [0.5, 0.6) is 11.5 Å². The molecule has 0 fully saturated rings. The minimum absolute atomic E-state index is 0.0494. The molecule has 2 aromatic carbocycles. The maximum absolute atomic E-state index is 12.1. The maximum atomic E-state index is 12.1. The van der Waals surface area contributed by atoms with Gasteiger partial charge in [-0.3, -0.25) is 25.8 Å². The quantitative estimate of drug-likeness (QED) is 0.391. The third-order valence-corrected chi connectivity index (χ3v) is 3.83. The number of non-ortho nitro benzene ring substituents is 1. The predicted octanol–water partition coefficient (Wildman–Crippen LogP) is 2.90. The average Bonchev–Trinajstić information content (AvgIpc) is 2.66. The number of rotatable bonds is 5. The van der Waals surface area contributed by atoms with Gasteiger partial charge in [-0.1, -0.05) is 17.7 Å². The second-order valence-corrected chi connectivity index (χ2v) is 5.84. The van der Waals surface area contributed by atoms with E-state index < -0.39 is 10.8 Å². The minimum Gasteiger partial charge on any atom is -0.495 e. The van der Waals surface area contributed by atoms with Crippen LogP contribution >= 0.6 is 23.8 Å². The third kappa shape index (κ3) is 5.19. The molecule has 0 spiro atoms. The first-order valence-corrected chi connectivity index (χ1v) is 8.17. The van der Waals surface area contributed by atoms with Crippen LogP contribution < -0.4 is 25.6 Å². The van der Waals surface area contributed by atoms with Crippen molar-refractivity contribution < 1.29 is 19.2 Å². The van der Waals surface area contributed by atoms with Gasteiger partial charge in [-0.2, -0.15) is 0 Å². The fourth-order valence-corrected chi connectivity index (χ4v) is 2.46. The van der Waals surface area contributed by atoms with Crippen molar-refractivity contribution in [1.82, 2.24) is 10.9 Å². The molecule has 0 unspecified atom stereocenters. The molecule has 0 aliphatic heterocycles. The van der Waals surface area contributed by atoms with Crippen molar-refractivity contribution in [3.63, 3.8) is 0 Å². The number of halogens is 1. The van der Waals surface area contributed by atoms with Gasteiger partial charge < -0.3 is 14.8 Å². The summed E-state index contributed by atoms with van der Waals surface area (Å²) in [6, 6.07) is 8.42. The number of hydrazine groups is 1. The van der Waals surface area contributed by atoms with E-state index in [1.807, 2.05) is 0 Å². The zero-order valence-electron chi connectivity index (χ0n) is 14.2. The van der Waals surface area contributed by atoms with Gasteiger partial charge in [0.15, 0.2) is 5.11 Å². The molecule has 0 aromatic heterocycles. The van der Waals surface area contributed by atoms with Crippen LogP contribution in [-0.4, -0.2) is 30.2 Å². The summed E-state index contributed by atoms with van der Waals surface area (Å²) >= 11 is 11.2. The zero-order chi connectivity index (χ0) is 20.0. The Bertz CT molecular complexity index is 893. The van der Waals surface area contributed by atoms with Crippen molar-refractivity contribution in [3.05, 3.63) is 57.1 Å². The van der Waals surface area contributed by atoms with Crippen LogP contribution in [0.3, 0.4) is 0 Å². The highest BCUT2D eigenvalue weighted by Crippen LogP contribution is 2.35. The van der Waals surface area contributed by atoms with E-state index in [-0.39, 0.29) is 16.4 Å². The molecule has 0 bridgehead atoms. The van der Waals surface area contributed by atoms with Gasteiger partial charge >= 0.3 is 0 Å². The molecule has 0 aliphatic carbocycles. The number of thiocarbonyl (C=S) groups is 1. The Morgan fingerprint density at radius 2 is 1.85 bits per heavy atom. The van der Waals surface area contributed by atoms with Crippen molar-refractivity contribution in [1.29, 1.82) is 0 Å². The first-order chi connectivity index (χ1) is 12.8. The predicted molar refractivity (Wildman–Crippen MR) is 104 cm³/mol. The summed E-state index contributed by atoms with van der Waals surface area (Å²) in [4.78, 5) is 22.3. The van der Waals surface area contributed by atoms with E-state index >= 15 is 0 Å². The summed E-state index contributed by atoms with van der Waals surface area (Å²) in [5.74, 6) is 0.255. The number of benzene rings is 2. The number of carbonyl (C=O) groups is 1. The smallest absolute Gasteiger partial charge is 0.270 e. The Morgan fingerprint density at radius 1 is 1.15 bits per heavy atom. The van der Waals surface area contributed by atoms with Crippen LogP contribution in [0.1, 0.15) is 10.4 Å². The Kier molecular flexibility index (Phi) is 6.74. The zero-order valence-corrected chi connectivity index (χ0v) is 15.8. The highest BCUT2D eigenvalue weighted by molar-refractivity contribution is 7.80. The summed E-state index contributed by atoms with van der Waals surface area (Å²) in [5.41, 5.74) is 5.20. The third-order valence-electron chi connectivity index (χ3n) is 3.33. The molecule has 1 amide bonds. The van der Waals surface area contributed by atoms with Crippen LogP contribution in [0.15, 0.2) is 36.4 Å². The summed E-state index contributed by atoms with van der Waals surface area (Å²) in [7, 11) is 2.94. The van der Waals surface area contributed by atoms with Gasteiger partial charge in [-0.15, -0.1) is 0 Å². The van der Waals surface area contributed by atoms with Gasteiger partial charge in [0.2, 0.25) is 0 Å². The van der Waals surface area contributed by atoms with Gasteiger partial charge in [0.1, 0.15) is 11.5 Å². The largest absolute Gasteiger partial charge is 0.495 e. The Balaban J connectivity index is 2.02. The van der Waals surface area contributed by atoms with Crippen molar-refractivity contribution >= 4 is 46.2 Å². The second kappa shape index (κ2) is 9.01. The van der Waals surface area contributed by atoms with Crippen LogP contribution in [0.2, 0.25) is 5.02 Å². The van der Waals surface area contributed by atoms with Gasteiger partial charge in [0.05, 0.1) is 29.9 Å². The highest BCUT2D eigenvalue weighted by Gasteiger charge is 2.13. The number of nitro groups is 1. The summed E-state index contributed by atoms with van der Waals surface area (Å²) in [6.45, 7) is 0. The van der Waals surface area contributed by atoms with Crippen molar-refractivity contribution in [2.24, 2.45) is 0 Å². The molecule has 11 heteroatoms. The lowest BCUT2D eigenvalue weighted by atomic mass is 10.2. The van der Waals surface area contributed by atoms with Crippen LogP contribution in [0, 0.1) is 10.1 Å². The molecule has 3 N–H and O–H groups in total. The molecule has 9 nitrogen and oxygen atoms in total. The van der Waals surface area contributed by atoms with Gasteiger partial charge in [-0.05, 0) is 24.4 Å². The number of nitrogens with zero attached hydrogens (tertiary/aromatic N) is 1. The number of nitrogens with one attached hydrogen (secondary N) is 3. The second-order valence-electron chi connectivity index (χ2n) is 5.03. The van der Waals surface area contributed by atoms with E-state index in [4.69, 9.17) is 33.3 Å². The molecule has 0 radical (unpaired) electrons. The number of ether oxygens (including phenoxy) is 2. The number of carbonyl (C=O) groups excluding carboxylic acids is 1. The number of hydrogen-bond acceptors (Lipinski definition) is 6. The molecular weight excluding hydrogens is 396 g/mol. The lowest BCUT2D eigenvalue weighted by molar-refractivity contribution is -0.384. The van der Waals surface area contributed by atoms with Crippen molar-refractivity contribution in [2.45, 2.75) is 0 Å². The van der Waals surface area contributed by atoms with E-state index in [9.17, 15) is 14.9 Å². The van der Waals surface area contributed by atoms with E-state index in [0.29, 0.717) is 22.2 Å². The monoisotopic (exact) mass is 410 g/mol. The number of anilines is 1. The topological polar surface area (TPSA) is 115 Å². The van der Waals surface area contributed by atoms with Crippen LogP contribution in [0.25, 0.3) is 0 Å². The fraction of sp³-hybridized carbons (Fsp3) is 0.125. The minimum atomic E-state index is -0.595. The van der Waals surface area contributed by atoms with E-state index in [0.717, 1.165) is 6.07 Å². The molecule has 142 valence electrons. The van der Waals surface area contributed by atoms with Crippen molar-refractivity contribution in [2.75, 3.05) is 19.5 Å². The first kappa shape index (κ1) is 20.2. The van der Waals surface area contributed by atoms with Crippen LogP contribution in [-0.2, 0) is 0 Å². The number of methoxy groups -OCH3 is 2. The SMILES string of the molecule is COc1cc(OC)c(NC(=S)NNC(=O)c2cccc([N+](=O)[O-])c2)cc1Cl. The Labute approximate surface area is 164 Å². The van der Waals surface area contributed by atoms with E-state index in [1.54, 1.807) is 12.1 Å². The number of nitro benzene ring substituents is 1. The molecule has 0 saturated carbocycles. The normalized spacial score (nSPS) is 9.89. The summed E-state index contributed by atoms with van der Waals surface area (Å²) < 4.78 is 10.3. The molecule has 0 saturated heterocycles. The fourth-order valence-electron chi connectivity index (χ4n) is 2.06.